The van der Waals surface area contributed by atoms with Crippen molar-refractivity contribution >= 4 is 11.9 Å². The predicted molar refractivity (Wildman–Crippen MR) is 94.3 cm³/mol. The first-order valence-electron chi connectivity index (χ1n) is 8.31. The van der Waals surface area contributed by atoms with Gasteiger partial charge in [-0.3, -0.25) is 0 Å². The van der Waals surface area contributed by atoms with Crippen LogP contribution in [0.4, 0.5) is 0 Å². The van der Waals surface area contributed by atoms with Crippen molar-refractivity contribution in [2.45, 2.75) is 58.8 Å². The minimum Gasteiger partial charge on any atom is -0.394 e. The van der Waals surface area contributed by atoms with Crippen LogP contribution in [0.1, 0.15) is 41.5 Å². The fourth-order valence-electron chi connectivity index (χ4n) is 1.53. The molecule has 0 amide bonds. The van der Waals surface area contributed by atoms with E-state index in [1.54, 1.807) is 0 Å². The minimum atomic E-state index is -2.31. The van der Waals surface area contributed by atoms with Gasteiger partial charge in [-0.05, 0) is 0 Å². The zero-order chi connectivity index (χ0) is 22.3. The number of aliphatic hydroxyl groups excluding tert-OH is 5. The Bertz CT molecular complexity index is 437. The summed E-state index contributed by atoms with van der Waals surface area (Å²) in [7, 11) is 0. The number of esters is 2. The fourth-order valence-corrected chi connectivity index (χ4v) is 1.53. The Labute approximate surface area is 159 Å². The summed E-state index contributed by atoms with van der Waals surface area (Å²) in [6, 6.07) is 0. The van der Waals surface area contributed by atoms with Crippen LogP contribution in [0.15, 0.2) is 0 Å². The van der Waals surface area contributed by atoms with Crippen LogP contribution in [0.2, 0.25) is 0 Å². The van der Waals surface area contributed by atoms with Crippen LogP contribution < -0.4 is 0 Å². The lowest BCUT2D eigenvalue weighted by Gasteiger charge is -2.39. The van der Waals surface area contributed by atoms with Crippen molar-refractivity contribution in [1.82, 2.24) is 0 Å². The van der Waals surface area contributed by atoms with Gasteiger partial charge in [-0.15, -0.1) is 0 Å². The van der Waals surface area contributed by atoms with Gasteiger partial charge in [0.25, 0.3) is 0 Å². The second kappa shape index (κ2) is 10.4. The van der Waals surface area contributed by atoms with Crippen molar-refractivity contribution in [2.75, 3.05) is 26.4 Å². The number of hydrogen-bond donors (Lipinski definition) is 7. The van der Waals surface area contributed by atoms with Crippen LogP contribution in [-0.4, -0.2) is 91.4 Å². The van der Waals surface area contributed by atoms with Gasteiger partial charge in [0, 0.05) is 10.8 Å². The summed E-state index contributed by atoms with van der Waals surface area (Å²) in [5, 5.41) is 62.9. The number of hydrogen-bond acceptors (Lipinski definition) is 10. The van der Waals surface area contributed by atoms with Crippen molar-refractivity contribution in [3.05, 3.63) is 0 Å². The van der Waals surface area contributed by atoms with E-state index in [1.165, 1.54) is 41.5 Å². The quantitative estimate of drug-likeness (QED) is 0.193. The van der Waals surface area contributed by atoms with Crippen molar-refractivity contribution in [3.63, 3.8) is 0 Å². The molecule has 2 atom stereocenters. The monoisotopic (exact) mass is 398 g/mol. The molecule has 0 aromatic heterocycles. The number of rotatable bonds is 6. The van der Waals surface area contributed by atoms with Gasteiger partial charge in [0.1, 0.15) is 6.10 Å². The first-order valence-corrected chi connectivity index (χ1v) is 8.31. The van der Waals surface area contributed by atoms with Gasteiger partial charge in [-0.25, -0.2) is 9.59 Å². The topological polar surface area (TPSA) is 185 Å². The molecule has 0 aromatic rings. The molecular formula is C17H34O10. The van der Waals surface area contributed by atoms with E-state index in [-0.39, 0.29) is 13.2 Å². The number of carbonyl (C=O) groups excluding carboxylic acids is 2. The lowest BCUT2D eigenvalue weighted by Crippen LogP contribution is -2.59. The van der Waals surface area contributed by atoms with E-state index in [4.69, 9.17) is 15.3 Å². The maximum Gasteiger partial charge on any atom is 0.348 e. The molecule has 0 radical (unpaired) electrons. The zero-order valence-electron chi connectivity index (χ0n) is 16.8. The average molecular weight is 398 g/mol. The number of carbonyl (C=O) groups is 2. The first kappa shape index (κ1) is 28.1. The van der Waals surface area contributed by atoms with Crippen LogP contribution in [0, 0.1) is 10.8 Å². The molecule has 0 saturated carbocycles. The minimum absolute atomic E-state index is 0.365. The van der Waals surface area contributed by atoms with Crippen LogP contribution in [0.25, 0.3) is 0 Å². The normalized spacial score (nSPS) is 16.7. The van der Waals surface area contributed by atoms with E-state index < -0.39 is 53.3 Å². The Balaban J connectivity index is 0. The summed E-state index contributed by atoms with van der Waals surface area (Å²) in [5.41, 5.74) is -6.82. The maximum absolute atomic E-state index is 12.0. The molecule has 0 aliphatic heterocycles. The summed E-state index contributed by atoms with van der Waals surface area (Å²) >= 11 is 0. The van der Waals surface area contributed by atoms with Gasteiger partial charge in [0.2, 0.25) is 0 Å². The summed E-state index contributed by atoms with van der Waals surface area (Å²) in [5.74, 6) is -2.75. The highest BCUT2D eigenvalue weighted by atomic mass is 16.6. The van der Waals surface area contributed by atoms with Crippen LogP contribution in [-0.2, 0) is 14.3 Å². The van der Waals surface area contributed by atoms with Crippen LogP contribution in [0.5, 0.6) is 0 Å². The highest BCUT2D eigenvalue weighted by Gasteiger charge is 2.53. The number of aliphatic hydroxyl groups is 7. The molecule has 0 fully saturated rings. The van der Waals surface area contributed by atoms with Gasteiger partial charge < -0.3 is 40.5 Å². The molecule has 7 N–H and O–H groups in total. The van der Waals surface area contributed by atoms with Crippen molar-refractivity contribution < 1.29 is 50.1 Å². The van der Waals surface area contributed by atoms with Gasteiger partial charge in [0.15, 0.2) is 11.2 Å². The molecule has 27 heavy (non-hydrogen) atoms. The third kappa shape index (κ3) is 7.07. The highest BCUT2D eigenvalue weighted by molar-refractivity contribution is 5.94. The summed E-state index contributed by atoms with van der Waals surface area (Å²) in [6.45, 7) is 6.27. The molecule has 0 spiro atoms. The van der Waals surface area contributed by atoms with Crippen molar-refractivity contribution in [3.8, 4) is 0 Å². The molecule has 10 nitrogen and oxygen atoms in total. The van der Waals surface area contributed by atoms with Gasteiger partial charge in [-0.2, -0.15) is 0 Å². The zero-order valence-corrected chi connectivity index (χ0v) is 16.8. The van der Waals surface area contributed by atoms with E-state index in [1.807, 2.05) is 0 Å². The van der Waals surface area contributed by atoms with Gasteiger partial charge in [-0.1, -0.05) is 41.5 Å². The SMILES string of the molecule is CC(C)(C)C(O)(CO)C(=O)OC(=O)C(O)(CO)C(C)(C)C.OCC(O)CO. The Morgan fingerprint density at radius 1 is 0.741 bits per heavy atom. The molecule has 0 aliphatic rings. The predicted octanol–water partition coefficient (Wildman–Crippen LogP) is -2.07. The molecule has 0 aromatic carbocycles. The van der Waals surface area contributed by atoms with Crippen LogP contribution >= 0.6 is 0 Å². The maximum atomic E-state index is 12.0. The molecule has 2 unspecified atom stereocenters. The molecule has 0 bridgehead atoms. The van der Waals surface area contributed by atoms with E-state index in [9.17, 15) is 30.0 Å². The van der Waals surface area contributed by atoms with Crippen molar-refractivity contribution in [2.24, 2.45) is 10.8 Å². The first-order chi connectivity index (χ1) is 12.0. The summed E-state index contributed by atoms with van der Waals surface area (Å²) in [6.07, 6.45) is -0.954. The smallest absolute Gasteiger partial charge is 0.348 e. The Morgan fingerprint density at radius 2 is 1.00 bits per heavy atom. The number of ether oxygens (including phenoxy) is 1. The second-order valence-electron chi connectivity index (χ2n) is 8.23. The standard InChI is InChI=1S/C14H26O7.C3H8O3/c1-11(2,3)13(19,7-15)9(17)21-10(18)14(20,8-16)12(4,5)6;4-1-3(6)2-5/h15-16,19-20H,7-8H2,1-6H3;3-6H,1-2H2. The highest BCUT2D eigenvalue weighted by Crippen LogP contribution is 2.34. The lowest BCUT2D eigenvalue weighted by atomic mass is 9.76. The molecule has 10 heteroatoms. The summed E-state index contributed by atoms with van der Waals surface area (Å²) < 4.78 is 4.52. The van der Waals surface area contributed by atoms with E-state index in [2.05, 4.69) is 4.74 Å². The average Bonchev–Trinajstić information content (AvgIpc) is 2.57. The Kier molecular flexibility index (Phi) is 10.8. The Hall–Kier alpha value is -1.14. The molecular weight excluding hydrogens is 364 g/mol. The van der Waals surface area contributed by atoms with Gasteiger partial charge >= 0.3 is 11.9 Å². The van der Waals surface area contributed by atoms with E-state index in [0.717, 1.165) is 0 Å². The molecule has 0 rings (SSSR count). The van der Waals surface area contributed by atoms with E-state index >= 15 is 0 Å². The molecule has 162 valence electrons. The molecule has 0 aliphatic carbocycles. The lowest BCUT2D eigenvalue weighted by molar-refractivity contribution is -0.205. The molecule has 0 heterocycles. The summed E-state index contributed by atoms with van der Waals surface area (Å²) in [4.78, 5) is 24.0. The van der Waals surface area contributed by atoms with Gasteiger partial charge in [0.05, 0.1) is 26.4 Å². The Morgan fingerprint density at radius 3 is 1.11 bits per heavy atom. The molecule has 0 saturated heterocycles. The second-order valence-corrected chi connectivity index (χ2v) is 8.23. The largest absolute Gasteiger partial charge is 0.394 e. The van der Waals surface area contributed by atoms with Crippen LogP contribution in [0.3, 0.4) is 0 Å². The third-order valence-electron chi connectivity index (χ3n) is 4.22. The van der Waals surface area contributed by atoms with E-state index in [0.29, 0.717) is 0 Å². The van der Waals surface area contributed by atoms with Crippen molar-refractivity contribution in [1.29, 1.82) is 0 Å². The third-order valence-corrected chi connectivity index (χ3v) is 4.22. The fraction of sp³-hybridized carbons (Fsp3) is 0.882.